The van der Waals surface area contributed by atoms with Crippen LogP contribution in [0.5, 0.6) is 5.75 Å². The zero-order chi connectivity index (χ0) is 19.2. The maximum absolute atomic E-state index is 6.00. The first-order chi connectivity index (χ1) is 12.3. The first kappa shape index (κ1) is 20.1. The molecule has 1 aromatic heterocycles. The lowest BCUT2D eigenvalue weighted by Crippen LogP contribution is -2.36. The van der Waals surface area contributed by atoms with Gasteiger partial charge in [0.05, 0.1) is 26.4 Å². The third-order valence-corrected chi connectivity index (χ3v) is 3.94. The highest BCUT2D eigenvalue weighted by Gasteiger charge is 2.19. The summed E-state index contributed by atoms with van der Waals surface area (Å²) >= 11 is 6.00. The minimum absolute atomic E-state index is 0.0605. The van der Waals surface area contributed by atoms with Crippen LogP contribution >= 0.6 is 11.6 Å². The summed E-state index contributed by atoms with van der Waals surface area (Å²) < 4.78 is 11.2. The first-order valence-electron chi connectivity index (χ1n) is 8.63. The summed E-state index contributed by atoms with van der Waals surface area (Å²) in [6, 6.07) is 5.53. The van der Waals surface area contributed by atoms with E-state index in [0.29, 0.717) is 30.0 Å². The molecular formula is C19H27ClN4O2. The Kier molecular flexibility index (Phi) is 6.91. The Morgan fingerprint density at radius 3 is 2.69 bits per heavy atom. The summed E-state index contributed by atoms with van der Waals surface area (Å²) in [6.45, 7) is 9.97. The molecule has 0 saturated carbocycles. The minimum Gasteiger partial charge on any atom is -0.496 e. The van der Waals surface area contributed by atoms with Gasteiger partial charge in [0.15, 0.2) is 5.96 Å². The first-order valence-corrected chi connectivity index (χ1v) is 9.01. The zero-order valence-electron chi connectivity index (χ0n) is 16.0. The molecule has 142 valence electrons. The molecule has 6 nitrogen and oxygen atoms in total. The fourth-order valence-corrected chi connectivity index (χ4v) is 2.42. The number of nitrogens with one attached hydrogen (secondary N) is 2. The van der Waals surface area contributed by atoms with Crippen molar-refractivity contribution >= 4 is 17.6 Å². The number of nitrogens with zero attached hydrogens (tertiary/aromatic N) is 2. The van der Waals surface area contributed by atoms with Crippen molar-refractivity contribution in [3.05, 3.63) is 46.6 Å². The number of aromatic nitrogens is 1. The van der Waals surface area contributed by atoms with E-state index < -0.39 is 0 Å². The lowest BCUT2D eigenvalue weighted by molar-refractivity contribution is 0.379. The third kappa shape index (κ3) is 5.66. The third-order valence-electron chi connectivity index (χ3n) is 3.70. The highest BCUT2D eigenvalue weighted by Crippen LogP contribution is 2.24. The van der Waals surface area contributed by atoms with E-state index in [4.69, 9.17) is 20.8 Å². The van der Waals surface area contributed by atoms with Crippen LogP contribution in [0, 0.1) is 0 Å². The number of rotatable bonds is 6. The maximum atomic E-state index is 6.00. The lowest BCUT2D eigenvalue weighted by Gasteiger charge is -2.13. The van der Waals surface area contributed by atoms with Crippen LogP contribution < -0.4 is 15.4 Å². The Morgan fingerprint density at radius 1 is 1.31 bits per heavy atom. The maximum Gasteiger partial charge on any atom is 0.213 e. The average molecular weight is 379 g/mol. The quantitative estimate of drug-likeness (QED) is 0.589. The van der Waals surface area contributed by atoms with Crippen LogP contribution in [-0.2, 0) is 18.5 Å². The molecule has 2 N–H and O–H groups in total. The fourth-order valence-electron chi connectivity index (χ4n) is 2.25. The second kappa shape index (κ2) is 8.94. The van der Waals surface area contributed by atoms with Crippen LogP contribution in [0.2, 0.25) is 5.02 Å². The molecule has 0 unspecified atom stereocenters. The second-order valence-corrected chi connectivity index (χ2v) is 7.31. The van der Waals surface area contributed by atoms with Gasteiger partial charge in [-0.2, -0.15) is 0 Å². The number of guanidine groups is 1. The average Bonchev–Trinajstić information content (AvgIpc) is 3.07. The topological polar surface area (TPSA) is 71.7 Å². The molecule has 1 heterocycles. The van der Waals surface area contributed by atoms with Crippen LogP contribution in [0.15, 0.2) is 33.8 Å². The van der Waals surface area contributed by atoms with Crippen molar-refractivity contribution in [2.75, 3.05) is 13.7 Å². The van der Waals surface area contributed by atoms with E-state index in [1.165, 1.54) is 0 Å². The molecule has 0 saturated heterocycles. The zero-order valence-corrected chi connectivity index (χ0v) is 16.8. The fraction of sp³-hybridized carbons (Fsp3) is 0.474. The van der Waals surface area contributed by atoms with Crippen molar-refractivity contribution in [1.29, 1.82) is 0 Å². The van der Waals surface area contributed by atoms with Crippen molar-refractivity contribution in [2.24, 2.45) is 4.99 Å². The number of methoxy groups -OCH3 is 1. The van der Waals surface area contributed by atoms with Gasteiger partial charge in [0.25, 0.3) is 0 Å². The van der Waals surface area contributed by atoms with Crippen LogP contribution in [0.4, 0.5) is 0 Å². The standard InChI is InChI=1S/C19H27ClN4O2/c1-6-21-18(23-10-13-7-8-14(20)9-15(13)25-5)24-12-17-22-11-16(26-17)19(2,3)4/h7-9,11H,6,10,12H2,1-5H3,(H2,21,23,24). The van der Waals surface area contributed by atoms with Crippen molar-refractivity contribution in [2.45, 2.75) is 46.2 Å². The van der Waals surface area contributed by atoms with Crippen molar-refractivity contribution in [1.82, 2.24) is 15.6 Å². The predicted molar refractivity (Wildman–Crippen MR) is 105 cm³/mol. The number of benzene rings is 1. The summed E-state index contributed by atoms with van der Waals surface area (Å²) in [5.41, 5.74) is 0.898. The molecule has 0 amide bonds. The molecule has 0 aliphatic carbocycles. The minimum atomic E-state index is -0.0605. The van der Waals surface area contributed by atoms with Gasteiger partial charge >= 0.3 is 0 Å². The highest BCUT2D eigenvalue weighted by atomic mass is 35.5. The summed E-state index contributed by atoms with van der Waals surface area (Å²) in [6.07, 6.45) is 1.78. The van der Waals surface area contributed by atoms with Gasteiger partial charge in [0.2, 0.25) is 5.89 Å². The van der Waals surface area contributed by atoms with Crippen LogP contribution in [0.25, 0.3) is 0 Å². The van der Waals surface area contributed by atoms with E-state index in [0.717, 1.165) is 23.6 Å². The van der Waals surface area contributed by atoms with E-state index >= 15 is 0 Å². The number of oxazole rings is 1. The Morgan fingerprint density at radius 2 is 2.08 bits per heavy atom. The van der Waals surface area contributed by atoms with Gasteiger partial charge in [-0.3, -0.25) is 0 Å². The van der Waals surface area contributed by atoms with E-state index in [2.05, 4.69) is 41.4 Å². The summed E-state index contributed by atoms with van der Waals surface area (Å²) in [7, 11) is 1.62. The SMILES string of the molecule is CCNC(=NCc1ccc(Cl)cc1OC)NCc1ncc(C(C)(C)C)o1. The van der Waals surface area contributed by atoms with Gasteiger partial charge in [-0.1, -0.05) is 38.4 Å². The van der Waals surface area contributed by atoms with Gasteiger partial charge in [-0.15, -0.1) is 0 Å². The lowest BCUT2D eigenvalue weighted by atomic mass is 9.94. The predicted octanol–water partition coefficient (Wildman–Crippen LogP) is 3.89. The largest absolute Gasteiger partial charge is 0.496 e. The molecule has 0 bridgehead atoms. The smallest absolute Gasteiger partial charge is 0.213 e. The van der Waals surface area contributed by atoms with E-state index in [-0.39, 0.29) is 5.41 Å². The molecule has 2 rings (SSSR count). The summed E-state index contributed by atoms with van der Waals surface area (Å²) in [4.78, 5) is 8.92. The molecule has 26 heavy (non-hydrogen) atoms. The number of hydrogen-bond donors (Lipinski definition) is 2. The van der Waals surface area contributed by atoms with Gasteiger partial charge in [0.1, 0.15) is 11.5 Å². The van der Waals surface area contributed by atoms with Crippen LogP contribution in [0.3, 0.4) is 0 Å². The number of ether oxygens (including phenoxy) is 1. The van der Waals surface area contributed by atoms with E-state index in [1.807, 2.05) is 19.1 Å². The Hall–Kier alpha value is -2.21. The molecule has 0 atom stereocenters. The van der Waals surface area contributed by atoms with Gasteiger partial charge in [-0.05, 0) is 19.1 Å². The molecule has 0 aliphatic heterocycles. The molecule has 2 aromatic rings. The molecule has 0 spiro atoms. The molecule has 0 radical (unpaired) electrons. The molecule has 0 aliphatic rings. The number of aliphatic imine (C=N–C) groups is 1. The number of halogens is 1. The van der Waals surface area contributed by atoms with Crippen molar-refractivity contribution in [3.8, 4) is 5.75 Å². The Bertz CT molecular complexity index is 750. The van der Waals surface area contributed by atoms with Gasteiger partial charge in [-0.25, -0.2) is 9.98 Å². The normalized spacial score (nSPS) is 12.2. The van der Waals surface area contributed by atoms with E-state index in [1.54, 1.807) is 19.4 Å². The van der Waals surface area contributed by atoms with Crippen LogP contribution in [-0.4, -0.2) is 24.6 Å². The number of hydrogen-bond acceptors (Lipinski definition) is 4. The highest BCUT2D eigenvalue weighted by molar-refractivity contribution is 6.30. The summed E-state index contributed by atoms with van der Waals surface area (Å²) in [5, 5.41) is 7.09. The van der Waals surface area contributed by atoms with E-state index in [9.17, 15) is 0 Å². The molecule has 0 fully saturated rings. The molecule has 1 aromatic carbocycles. The van der Waals surface area contributed by atoms with Gasteiger partial charge < -0.3 is 19.8 Å². The summed E-state index contributed by atoms with van der Waals surface area (Å²) in [5.74, 6) is 2.89. The van der Waals surface area contributed by atoms with Crippen molar-refractivity contribution < 1.29 is 9.15 Å². The Balaban J connectivity index is 2.04. The second-order valence-electron chi connectivity index (χ2n) is 6.87. The Labute approximate surface area is 160 Å². The van der Waals surface area contributed by atoms with Gasteiger partial charge in [0, 0.05) is 22.5 Å². The van der Waals surface area contributed by atoms with Crippen LogP contribution in [0.1, 0.15) is 44.9 Å². The molecule has 7 heteroatoms. The monoisotopic (exact) mass is 378 g/mol. The van der Waals surface area contributed by atoms with Crippen molar-refractivity contribution in [3.63, 3.8) is 0 Å². The molecular weight excluding hydrogens is 352 g/mol.